The predicted octanol–water partition coefficient (Wildman–Crippen LogP) is 3.21. The number of rotatable bonds is 4. The maximum absolute atomic E-state index is 10.3. The van der Waals surface area contributed by atoms with E-state index in [0.717, 1.165) is 25.2 Å². The van der Waals surface area contributed by atoms with Gasteiger partial charge in [0.25, 0.3) is 0 Å². The highest BCUT2D eigenvalue weighted by Gasteiger charge is 2.25. The number of aliphatic hydroxyl groups excluding tert-OH is 1. The zero-order chi connectivity index (χ0) is 13.8. The molecule has 2 heteroatoms. The molecule has 2 unspecified atom stereocenters. The fourth-order valence-corrected chi connectivity index (χ4v) is 3.02. The highest BCUT2D eigenvalue weighted by Crippen LogP contribution is 2.28. The molecule has 0 amide bonds. The molecule has 1 saturated heterocycles. The fraction of sp³-hybridized carbons (Fsp3) is 0.333. The van der Waals surface area contributed by atoms with Crippen molar-refractivity contribution in [2.75, 3.05) is 19.6 Å². The molecule has 1 fully saturated rings. The lowest BCUT2D eigenvalue weighted by Crippen LogP contribution is -2.26. The molecule has 1 aliphatic heterocycles. The van der Waals surface area contributed by atoms with Gasteiger partial charge in [-0.05, 0) is 30.0 Å². The van der Waals surface area contributed by atoms with Crippen LogP contribution in [0.5, 0.6) is 0 Å². The molecule has 20 heavy (non-hydrogen) atoms. The first-order valence-electron chi connectivity index (χ1n) is 7.33. The summed E-state index contributed by atoms with van der Waals surface area (Å²) in [6, 6.07) is 20.6. The summed E-state index contributed by atoms with van der Waals surface area (Å²) >= 11 is 0. The Balaban J connectivity index is 1.58. The summed E-state index contributed by atoms with van der Waals surface area (Å²) in [5.41, 5.74) is 2.43. The van der Waals surface area contributed by atoms with Crippen LogP contribution >= 0.6 is 0 Å². The monoisotopic (exact) mass is 267 g/mol. The number of aliphatic hydroxyl groups is 1. The molecular formula is C18H21NO. The van der Waals surface area contributed by atoms with Crippen molar-refractivity contribution in [2.45, 2.75) is 18.4 Å². The topological polar surface area (TPSA) is 23.5 Å². The molecule has 0 spiro atoms. The number of benzene rings is 2. The Labute approximate surface area is 120 Å². The summed E-state index contributed by atoms with van der Waals surface area (Å²) in [5.74, 6) is 0.610. The lowest BCUT2D eigenvalue weighted by molar-refractivity contribution is 0.125. The first-order chi connectivity index (χ1) is 9.83. The highest BCUT2D eigenvalue weighted by atomic mass is 16.3. The van der Waals surface area contributed by atoms with Gasteiger partial charge in [-0.1, -0.05) is 60.7 Å². The summed E-state index contributed by atoms with van der Waals surface area (Å²) in [7, 11) is 0. The smallest absolute Gasteiger partial charge is 0.0916 e. The molecule has 1 N–H and O–H groups in total. The molecule has 1 aliphatic rings. The van der Waals surface area contributed by atoms with Crippen LogP contribution in [0, 0.1) is 0 Å². The Hall–Kier alpha value is -1.64. The molecule has 104 valence electrons. The fourth-order valence-electron chi connectivity index (χ4n) is 3.02. The number of β-amino-alcohol motifs (C(OH)–C–C–N with tert-alkyl or cyclic N) is 1. The average Bonchev–Trinajstić information content (AvgIpc) is 2.97. The van der Waals surface area contributed by atoms with E-state index >= 15 is 0 Å². The van der Waals surface area contributed by atoms with Crippen molar-refractivity contribution >= 4 is 0 Å². The molecule has 0 bridgehead atoms. The Kier molecular flexibility index (Phi) is 4.14. The van der Waals surface area contributed by atoms with Gasteiger partial charge in [-0.25, -0.2) is 0 Å². The van der Waals surface area contributed by atoms with Crippen LogP contribution in [0.4, 0.5) is 0 Å². The largest absolute Gasteiger partial charge is 0.387 e. The third-order valence-corrected chi connectivity index (χ3v) is 4.16. The lowest BCUT2D eigenvalue weighted by Gasteiger charge is -2.20. The van der Waals surface area contributed by atoms with E-state index in [1.54, 1.807) is 0 Å². The van der Waals surface area contributed by atoms with Gasteiger partial charge in [0.05, 0.1) is 6.10 Å². The van der Waals surface area contributed by atoms with E-state index in [-0.39, 0.29) is 6.10 Å². The summed E-state index contributed by atoms with van der Waals surface area (Å²) in [6.07, 6.45) is 0.802. The van der Waals surface area contributed by atoms with Gasteiger partial charge < -0.3 is 5.11 Å². The van der Waals surface area contributed by atoms with Crippen LogP contribution in [0.25, 0.3) is 0 Å². The van der Waals surface area contributed by atoms with Crippen molar-refractivity contribution in [3.8, 4) is 0 Å². The Morgan fingerprint density at radius 1 is 1.00 bits per heavy atom. The summed E-state index contributed by atoms with van der Waals surface area (Å²) in [4.78, 5) is 2.37. The highest BCUT2D eigenvalue weighted by molar-refractivity contribution is 5.21. The first kappa shape index (κ1) is 13.3. The van der Waals surface area contributed by atoms with Crippen molar-refractivity contribution in [3.05, 3.63) is 71.8 Å². The Morgan fingerprint density at radius 3 is 2.35 bits per heavy atom. The molecule has 0 aliphatic carbocycles. The van der Waals surface area contributed by atoms with Crippen molar-refractivity contribution in [1.29, 1.82) is 0 Å². The third-order valence-electron chi connectivity index (χ3n) is 4.16. The van der Waals surface area contributed by atoms with Gasteiger partial charge in [-0.3, -0.25) is 4.90 Å². The van der Waals surface area contributed by atoms with E-state index in [0.29, 0.717) is 5.92 Å². The Bertz CT molecular complexity index is 526. The minimum Gasteiger partial charge on any atom is -0.387 e. The average molecular weight is 267 g/mol. The van der Waals surface area contributed by atoms with Gasteiger partial charge in [-0.15, -0.1) is 0 Å². The number of likely N-dealkylation sites (tertiary alicyclic amines) is 1. The van der Waals surface area contributed by atoms with Crippen molar-refractivity contribution in [1.82, 2.24) is 4.90 Å². The van der Waals surface area contributed by atoms with Gasteiger partial charge in [-0.2, -0.15) is 0 Å². The first-order valence-corrected chi connectivity index (χ1v) is 7.33. The van der Waals surface area contributed by atoms with Crippen LogP contribution in [0.2, 0.25) is 0 Å². The minimum atomic E-state index is -0.384. The maximum atomic E-state index is 10.3. The third kappa shape index (κ3) is 3.09. The molecule has 2 atom stereocenters. The molecule has 3 rings (SSSR count). The lowest BCUT2D eigenvalue weighted by atomic mass is 9.99. The molecule has 0 radical (unpaired) electrons. The maximum Gasteiger partial charge on any atom is 0.0916 e. The molecule has 0 aromatic heterocycles. The molecule has 0 saturated carbocycles. The van der Waals surface area contributed by atoms with Crippen LogP contribution in [-0.4, -0.2) is 29.6 Å². The number of nitrogens with zero attached hydrogens (tertiary/aromatic N) is 1. The second-order valence-corrected chi connectivity index (χ2v) is 5.58. The normalized spacial score (nSPS) is 20.9. The summed E-state index contributed by atoms with van der Waals surface area (Å²) < 4.78 is 0. The van der Waals surface area contributed by atoms with Crippen LogP contribution in [-0.2, 0) is 0 Å². The van der Waals surface area contributed by atoms with Crippen molar-refractivity contribution < 1.29 is 5.11 Å². The molecular weight excluding hydrogens is 246 g/mol. The van der Waals surface area contributed by atoms with Crippen LogP contribution in [0.15, 0.2) is 60.7 Å². The zero-order valence-corrected chi connectivity index (χ0v) is 11.7. The van der Waals surface area contributed by atoms with Gasteiger partial charge >= 0.3 is 0 Å². The number of hydrogen-bond acceptors (Lipinski definition) is 2. The van der Waals surface area contributed by atoms with E-state index in [1.165, 1.54) is 12.0 Å². The Morgan fingerprint density at radius 2 is 1.65 bits per heavy atom. The van der Waals surface area contributed by atoms with Gasteiger partial charge in [0.1, 0.15) is 0 Å². The summed E-state index contributed by atoms with van der Waals surface area (Å²) in [5, 5.41) is 10.3. The molecule has 2 aromatic carbocycles. The molecule has 2 aromatic rings. The quantitative estimate of drug-likeness (QED) is 0.919. The van der Waals surface area contributed by atoms with E-state index in [2.05, 4.69) is 35.2 Å². The van der Waals surface area contributed by atoms with E-state index in [1.807, 2.05) is 30.3 Å². The predicted molar refractivity (Wildman–Crippen MR) is 81.6 cm³/mol. The van der Waals surface area contributed by atoms with Crippen molar-refractivity contribution in [2.24, 2.45) is 0 Å². The second kappa shape index (κ2) is 6.21. The van der Waals surface area contributed by atoms with E-state index < -0.39 is 0 Å². The molecule has 1 heterocycles. The summed E-state index contributed by atoms with van der Waals surface area (Å²) in [6.45, 7) is 2.85. The minimum absolute atomic E-state index is 0.384. The van der Waals surface area contributed by atoms with Crippen LogP contribution in [0.1, 0.15) is 29.6 Å². The van der Waals surface area contributed by atoms with Gasteiger partial charge in [0, 0.05) is 13.1 Å². The second-order valence-electron chi connectivity index (χ2n) is 5.58. The van der Waals surface area contributed by atoms with Crippen molar-refractivity contribution in [3.63, 3.8) is 0 Å². The van der Waals surface area contributed by atoms with Gasteiger partial charge in [0.2, 0.25) is 0 Å². The van der Waals surface area contributed by atoms with E-state index in [9.17, 15) is 5.11 Å². The SMILES string of the molecule is OC(CN1CCC(c2ccccc2)C1)c1ccccc1. The standard InChI is InChI=1S/C18H21NO/c20-18(16-9-5-2-6-10-16)14-19-12-11-17(13-19)15-7-3-1-4-8-15/h1-10,17-18,20H,11-14H2. The van der Waals surface area contributed by atoms with E-state index in [4.69, 9.17) is 0 Å². The molecule has 2 nitrogen and oxygen atoms in total. The number of hydrogen-bond donors (Lipinski definition) is 1. The van der Waals surface area contributed by atoms with Crippen LogP contribution < -0.4 is 0 Å². The van der Waals surface area contributed by atoms with Gasteiger partial charge in [0.15, 0.2) is 0 Å². The van der Waals surface area contributed by atoms with Crippen LogP contribution in [0.3, 0.4) is 0 Å². The zero-order valence-electron chi connectivity index (χ0n) is 11.7.